The van der Waals surface area contributed by atoms with E-state index in [-0.39, 0.29) is 5.91 Å². The van der Waals surface area contributed by atoms with E-state index in [2.05, 4.69) is 0 Å². The van der Waals surface area contributed by atoms with Crippen LogP contribution >= 0.6 is 0 Å². The molecular weight excluding hydrogens is 331 g/mol. The molecule has 1 heterocycles. The van der Waals surface area contributed by atoms with E-state index in [4.69, 9.17) is 4.74 Å². The minimum absolute atomic E-state index is 0.0426. The number of rotatable bonds is 5. The molecule has 3 nitrogen and oxygen atoms in total. The molecule has 0 N–H and O–H groups in total. The number of carbonyl (C=O) groups is 1. The molecule has 0 radical (unpaired) electrons. The van der Waals surface area contributed by atoms with Crippen LogP contribution in [0, 0.1) is 17.5 Å². The summed E-state index contributed by atoms with van der Waals surface area (Å²) in [6.45, 7) is 0.532. The third-order valence-electron chi connectivity index (χ3n) is 4.47. The molecule has 0 aromatic heterocycles. The number of hydrogen-bond donors (Lipinski definition) is 0. The van der Waals surface area contributed by atoms with Crippen molar-refractivity contribution < 1.29 is 22.7 Å². The van der Waals surface area contributed by atoms with Crippen molar-refractivity contribution in [1.29, 1.82) is 0 Å². The predicted octanol–water partition coefficient (Wildman–Crippen LogP) is 4.16. The van der Waals surface area contributed by atoms with Crippen LogP contribution in [0.5, 0.6) is 0 Å². The molecule has 132 valence electrons. The van der Waals surface area contributed by atoms with Gasteiger partial charge in [-0.1, -0.05) is 18.2 Å². The fourth-order valence-corrected chi connectivity index (χ4v) is 3.28. The van der Waals surface area contributed by atoms with Crippen molar-refractivity contribution in [3.05, 3.63) is 71.0 Å². The first-order chi connectivity index (χ1) is 12.0. The Morgan fingerprint density at radius 2 is 1.68 bits per heavy atom. The third-order valence-corrected chi connectivity index (χ3v) is 4.47. The van der Waals surface area contributed by atoms with Gasteiger partial charge in [-0.2, -0.15) is 0 Å². The largest absolute Gasteiger partial charge is 0.374 e. The molecule has 0 spiro atoms. The minimum Gasteiger partial charge on any atom is -0.374 e. The number of carbonyl (C=O) groups excluding carboxylic acids is 1. The van der Waals surface area contributed by atoms with Gasteiger partial charge in [-0.05, 0) is 41.8 Å². The number of nitrogens with zero attached hydrogens (tertiary/aromatic N) is 1. The van der Waals surface area contributed by atoms with Crippen molar-refractivity contribution in [2.75, 3.05) is 13.7 Å². The number of benzene rings is 2. The molecule has 25 heavy (non-hydrogen) atoms. The Hall–Kier alpha value is -2.34. The first-order valence-electron chi connectivity index (χ1n) is 8.04. The summed E-state index contributed by atoms with van der Waals surface area (Å²) in [5.74, 6) is -2.37. The van der Waals surface area contributed by atoms with E-state index in [9.17, 15) is 18.0 Å². The van der Waals surface area contributed by atoms with Crippen LogP contribution in [-0.4, -0.2) is 24.5 Å². The van der Waals surface area contributed by atoms with Gasteiger partial charge in [0.15, 0.2) is 11.6 Å². The Kier molecular flexibility index (Phi) is 5.08. The zero-order valence-electron chi connectivity index (χ0n) is 13.7. The summed E-state index contributed by atoms with van der Waals surface area (Å²) in [7, 11) is 1.45. The van der Waals surface area contributed by atoms with Crippen molar-refractivity contribution in [1.82, 2.24) is 4.90 Å². The van der Waals surface area contributed by atoms with Gasteiger partial charge in [-0.25, -0.2) is 13.2 Å². The molecule has 1 saturated heterocycles. The van der Waals surface area contributed by atoms with E-state index in [1.54, 1.807) is 17.0 Å². The molecule has 0 aliphatic carbocycles. The lowest BCUT2D eigenvalue weighted by molar-refractivity contribution is -0.133. The molecule has 2 atom stereocenters. The standard InChI is InChI=1S/C19H18F3NO2/c1-25-19(13-6-9-15(21)16(22)11-13)18(23-10-2-3-17(23)24)12-4-7-14(20)8-5-12/h4-9,11,18-19H,2-3,10H2,1H3/t18-,19+/m0/s1. The van der Waals surface area contributed by atoms with E-state index in [1.165, 1.54) is 25.3 Å². The predicted molar refractivity (Wildman–Crippen MR) is 86.2 cm³/mol. The highest BCUT2D eigenvalue weighted by atomic mass is 19.2. The lowest BCUT2D eigenvalue weighted by atomic mass is 9.94. The summed E-state index contributed by atoms with van der Waals surface area (Å²) in [5, 5.41) is 0. The SMILES string of the molecule is CO[C@H](c1ccc(F)c(F)c1)[C@H](c1ccc(F)cc1)N1CCCC1=O. The van der Waals surface area contributed by atoms with Gasteiger partial charge >= 0.3 is 0 Å². The van der Waals surface area contributed by atoms with Crippen LogP contribution in [-0.2, 0) is 9.53 Å². The number of hydrogen-bond acceptors (Lipinski definition) is 2. The highest BCUT2D eigenvalue weighted by Crippen LogP contribution is 2.39. The van der Waals surface area contributed by atoms with Crippen LogP contribution in [0.2, 0.25) is 0 Å². The normalized spacial score (nSPS) is 17.0. The smallest absolute Gasteiger partial charge is 0.223 e. The second-order valence-electron chi connectivity index (χ2n) is 6.02. The summed E-state index contributed by atoms with van der Waals surface area (Å²) >= 11 is 0. The average molecular weight is 349 g/mol. The Bertz CT molecular complexity index is 764. The van der Waals surface area contributed by atoms with Crippen molar-refractivity contribution in [2.45, 2.75) is 25.0 Å². The van der Waals surface area contributed by atoms with Gasteiger partial charge < -0.3 is 9.64 Å². The maximum absolute atomic E-state index is 13.7. The minimum atomic E-state index is -0.981. The zero-order chi connectivity index (χ0) is 18.0. The fourth-order valence-electron chi connectivity index (χ4n) is 3.28. The monoisotopic (exact) mass is 349 g/mol. The molecule has 1 fully saturated rings. The zero-order valence-corrected chi connectivity index (χ0v) is 13.7. The average Bonchev–Trinajstić information content (AvgIpc) is 3.02. The van der Waals surface area contributed by atoms with Gasteiger partial charge in [0.2, 0.25) is 5.91 Å². The molecular formula is C19H18F3NO2. The van der Waals surface area contributed by atoms with Crippen molar-refractivity contribution in [3.63, 3.8) is 0 Å². The molecule has 1 aliphatic heterocycles. The van der Waals surface area contributed by atoms with Gasteiger partial charge in [0.1, 0.15) is 11.9 Å². The van der Waals surface area contributed by atoms with Crippen molar-refractivity contribution in [3.8, 4) is 0 Å². The summed E-state index contributed by atoms with van der Waals surface area (Å²) in [6.07, 6.45) is 0.430. The maximum Gasteiger partial charge on any atom is 0.223 e. The fraction of sp³-hybridized carbons (Fsp3) is 0.316. The summed E-state index contributed by atoms with van der Waals surface area (Å²) in [6, 6.07) is 8.76. The molecule has 0 saturated carbocycles. The second-order valence-corrected chi connectivity index (χ2v) is 6.02. The van der Waals surface area contributed by atoms with E-state index in [1.807, 2.05) is 0 Å². The Morgan fingerprint density at radius 3 is 2.24 bits per heavy atom. The van der Waals surface area contributed by atoms with E-state index >= 15 is 0 Å². The lowest BCUT2D eigenvalue weighted by Crippen LogP contribution is -2.34. The van der Waals surface area contributed by atoms with Crippen LogP contribution in [0.4, 0.5) is 13.2 Å². The molecule has 0 bridgehead atoms. The lowest BCUT2D eigenvalue weighted by Gasteiger charge is -2.34. The molecule has 1 aliphatic rings. The maximum atomic E-state index is 13.7. The number of likely N-dealkylation sites (tertiary alicyclic amines) is 1. The van der Waals surface area contributed by atoms with Gasteiger partial charge in [0.05, 0.1) is 6.04 Å². The van der Waals surface area contributed by atoms with E-state index in [0.29, 0.717) is 30.5 Å². The number of amides is 1. The quantitative estimate of drug-likeness (QED) is 0.811. The van der Waals surface area contributed by atoms with Crippen molar-refractivity contribution in [2.24, 2.45) is 0 Å². The number of halogens is 3. The molecule has 1 amide bonds. The molecule has 2 aromatic rings. The highest BCUT2D eigenvalue weighted by Gasteiger charge is 2.36. The Labute approximate surface area is 144 Å². The van der Waals surface area contributed by atoms with Crippen LogP contribution in [0.25, 0.3) is 0 Å². The van der Waals surface area contributed by atoms with Crippen LogP contribution in [0.3, 0.4) is 0 Å². The topological polar surface area (TPSA) is 29.5 Å². The Morgan fingerprint density at radius 1 is 1.00 bits per heavy atom. The number of methoxy groups -OCH3 is 1. The van der Waals surface area contributed by atoms with E-state index < -0.39 is 29.6 Å². The van der Waals surface area contributed by atoms with Crippen LogP contribution < -0.4 is 0 Å². The summed E-state index contributed by atoms with van der Waals surface area (Å²) in [4.78, 5) is 13.9. The van der Waals surface area contributed by atoms with Gasteiger partial charge in [0.25, 0.3) is 0 Å². The van der Waals surface area contributed by atoms with Gasteiger partial charge in [0, 0.05) is 20.1 Å². The summed E-state index contributed by atoms with van der Waals surface area (Å²) < 4.78 is 45.8. The van der Waals surface area contributed by atoms with E-state index in [0.717, 1.165) is 12.1 Å². The first-order valence-corrected chi connectivity index (χ1v) is 8.04. The molecule has 6 heteroatoms. The third kappa shape index (κ3) is 3.54. The van der Waals surface area contributed by atoms with Gasteiger partial charge in [-0.15, -0.1) is 0 Å². The molecule has 3 rings (SSSR count). The Balaban J connectivity index is 2.05. The van der Waals surface area contributed by atoms with Crippen molar-refractivity contribution >= 4 is 5.91 Å². The second kappa shape index (κ2) is 7.27. The first kappa shape index (κ1) is 17.5. The highest BCUT2D eigenvalue weighted by molar-refractivity contribution is 5.78. The van der Waals surface area contributed by atoms with Crippen LogP contribution in [0.1, 0.15) is 36.1 Å². The van der Waals surface area contributed by atoms with Crippen LogP contribution in [0.15, 0.2) is 42.5 Å². The summed E-state index contributed by atoms with van der Waals surface area (Å²) in [5.41, 5.74) is 1.09. The molecule has 0 unspecified atom stereocenters. The van der Waals surface area contributed by atoms with Gasteiger partial charge in [-0.3, -0.25) is 4.79 Å². The molecule has 2 aromatic carbocycles. The number of ether oxygens (including phenoxy) is 1.